The summed E-state index contributed by atoms with van der Waals surface area (Å²) in [5.41, 5.74) is -0.592. The molecular formula is C17H30N2O3. The molecule has 22 heavy (non-hydrogen) atoms. The van der Waals surface area contributed by atoms with Crippen LogP contribution in [0.4, 0.5) is 0 Å². The summed E-state index contributed by atoms with van der Waals surface area (Å²) in [6, 6.07) is 0.110. The van der Waals surface area contributed by atoms with Gasteiger partial charge in [0.15, 0.2) is 0 Å². The maximum Gasteiger partial charge on any atom is 0.290 e. The van der Waals surface area contributed by atoms with E-state index in [2.05, 4.69) is 0 Å². The van der Waals surface area contributed by atoms with Gasteiger partial charge in [-0.05, 0) is 32.1 Å². The molecule has 0 aromatic rings. The summed E-state index contributed by atoms with van der Waals surface area (Å²) in [4.78, 5) is 39.7. The second-order valence-electron chi connectivity index (χ2n) is 7.04. The Labute approximate surface area is 134 Å². The number of ketones is 1. The average Bonchev–Trinajstić information content (AvgIpc) is 2.93. The molecule has 0 aromatic heterocycles. The molecule has 1 atom stereocenters. The van der Waals surface area contributed by atoms with Crippen LogP contribution in [0.2, 0.25) is 0 Å². The number of hydrogen-bond donors (Lipinski definition) is 0. The maximum absolute atomic E-state index is 12.5. The lowest BCUT2D eigenvalue weighted by atomic mass is 9.84. The quantitative estimate of drug-likeness (QED) is 0.678. The Hall–Kier alpha value is -1.39. The van der Waals surface area contributed by atoms with E-state index in [0.717, 1.165) is 25.7 Å². The van der Waals surface area contributed by atoms with E-state index < -0.39 is 5.41 Å². The van der Waals surface area contributed by atoms with Crippen molar-refractivity contribution in [3.05, 3.63) is 0 Å². The minimum Gasteiger partial charge on any atom is -0.349 e. The third-order valence-corrected chi connectivity index (χ3v) is 4.76. The normalized spacial score (nSPS) is 18.4. The van der Waals surface area contributed by atoms with Crippen molar-refractivity contribution in [2.24, 2.45) is 5.41 Å². The molecule has 1 aliphatic rings. The zero-order chi connectivity index (χ0) is 16.9. The molecule has 5 heteroatoms. The van der Waals surface area contributed by atoms with Gasteiger partial charge < -0.3 is 9.80 Å². The number of nitrogens with zero attached hydrogens (tertiary/aromatic N) is 2. The highest BCUT2D eigenvalue weighted by Crippen LogP contribution is 2.27. The van der Waals surface area contributed by atoms with E-state index in [1.807, 2.05) is 20.8 Å². The van der Waals surface area contributed by atoms with Crippen molar-refractivity contribution in [1.29, 1.82) is 0 Å². The van der Waals surface area contributed by atoms with Crippen LogP contribution >= 0.6 is 0 Å². The Morgan fingerprint density at radius 2 is 1.86 bits per heavy atom. The minimum absolute atomic E-state index is 0.110. The highest BCUT2D eigenvalue weighted by atomic mass is 16.2. The number of amides is 2. The predicted octanol–water partition coefficient (Wildman–Crippen LogP) is 2.24. The van der Waals surface area contributed by atoms with Gasteiger partial charge in [0.1, 0.15) is 0 Å². The third kappa shape index (κ3) is 4.55. The monoisotopic (exact) mass is 310 g/mol. The van der Waals surface area contributed by atoms with Crippen LogP contribution in [-0.2, 0) is 14.4 Å². The molecule has 1 heterocycles. The van der Waals surface area contributed by atoms with Crippen LogP contribution in [0.1, 0.15) is 59.3 Å². The summed E-state index contributed by atoms with van der Waals surface area (Å²) in [5, 5.41) is 0. The Kier molecular flexibility index (Phi) is 6.57. The van der Waals surface area contributed by atoms with Gasteiger partial charge in [0.25, 0.3) is 5.91 Å². The van der Waals surface area contributed by atoms with Gasteiger partial charge in [0, 0.05) is 38.5 Å². The largest absolute Gasteiger partial charge is 0.349 e. The second-order valence-corrected chi connectivity index (χ2v) is 7.04. The Morgan fingerprint density at radius 1 is 1.23 bits per heavy atom. The van der Waals surface area contributed by atoms with Gasteiger partial charge in [-0.15, -0.1) is 0 Å². The van der Waals surface area contributed by atoms with E-state index in [1.165, 1.54) is 0 Å². The van der Waals surface area contributed by atoms with Crippen LogP contribution in [-0.4, -0.2) is 54.1 Å². The molecule has 0 saturated carbocycles. The maximum atomic E-state index is 12.5. The van der Waals surface area contributed by atoms with E-state index in [9.17, 15) is 14.4 Å². The highest BCUT2D eigenvalue weighted by Gasteiger charge is 2.38. The number of Topliss-reactive ketones (excluding diaryl/α,β-unsaturated/α-hetero) is 1. The summed E-state index contributed by atoms with van der Waals surface area (Å²) in [7, 11) is 3.50. The van der Waals surface area contributed by atoms with Gasteiger partial charge in [0.2, 0.25) is 11.7 Å². The molecule has 1 rings (SSSR count). The SMILES string of the molecule is CCC(C)(C)C(=O)C(=O)N1CCCC1CCCC(=O)N(C)C. The van der Waals surface area contributed by atoms with E-state index in [-0.39, 0.29) is 23.6 Å². The van der Waals surface area contributed by atoms with Crippen LogP contribution in [0.3, 0.4) is 0 Å². The van der Waals surface area contributed by atoms with Gasteiger partial charge in [-0.2, -0.15) is 0 Å². The molecule has 5 nitrogen and oxygen atoms in total. The first kappa shape index (κ1) is 18.7. The van der Waals surface area contributed by atoms with Crippen LogP contribution in [0.25, 0.3) is 0 Å². The smallest absolute Gasteiger partial charge is 0.290 e. The zero-order valence-electron chi connectivity index (χ0n) is 14.6. The molecule has 1 unspecified atom stereocenters. The number of carbonyl (C=O) groups excluding carboxylic acids is 3. The Bertz CT molecular complexity index is 430. The van der Waals surface area contributed by atoms with Crippen molar-refractivity contribution in [2.75, 3.05) is 20.6 Å². The summed E-state index contributed by atoms with van der Waals surface area (Å²) < 4.78 is 0. The number of likely N-dealkylation sites (tertiary alicyclic amines) is 1. The molecular weight excluding hydrogens is 280 g/mol. The molecule has 0 radical (unpaired) electrons. The molecule has 0 aliphatic carbocycles. The van der Waals surface area contributed by atoms with Crippen LogP contribution in [0, 0.1) is 5.41 Å². The van der Waals surface area contributed by atoms with E-state index in [0.29, 0.717) is 19.4 Å². The first-order valence-corrected chi connectivity index (χ1v) is 8.26. The average molecular weight is 310 g/mol. The van der Waals surface area contributed by atoms with Crippen molar-refractivity contribution in [2.45, 2.75) is 65.3 Å². The lowest BCUT2D eigenvalue weighted by molar-refractivity contribution is -0.149. The predicted molar refractivity (Wildman–Crippen MR) is 86.4 cm³/mol. The van der Waals surface area contributed by atoms with E-state index in [4.69, 9.17) is 0 Å². The summed E-state index contributed by atoms with van der Waals surface area (Å²) in [6.07, 6.45) is 4.59. The van der Waals surface area contributed by atoms with E-state index in [1.54, 1.807) is 23.9 Å². The topological polar surface area (TPSA) is 57.7 Å². The molecule has 2 amide bonds. The third-order valence-electron chi connectivity index (χ3n) is 4.76. The molecule has 1 fully saturated rings. The highest BCUT2D eigenvalue weighted by molar-refractivity contribution is 6.38. The minimum atomic E-state index is -0.592. The molecule has 0 N–H and O–H groups in total. The van der Waals surface area contributed by atoms with Crippen LogP contribution in [0.15, 0.2) is 0 Å². The van der Waals surface area contributed by atoms with Crippen molar-refractivity contribution >= 4 is 17.6 Å². The van der Waals surface area contributed by atoms with Gasteiger partial charge in [-0.25, -0.2) is 0 Å². The van der Waals surface area contributed by atoms with Crippen molar-refractivity contribution in [3.8, 4) is 0 Å². The molecule has 1 aliphatic heterocycles. The van der Waals surface area contributed by atoms with Crippen molar-refractivity contribution in [1.82, 2.24) is 9.80 Å². The van der Waals surface area contributed by atoms with E-state index >= 15 is 0 Å². The van der Waals surface area contributed by atoms with Gasteiger partial charge in [-0.1, -0.05) is 20.8 Å². The van der Waals surface area contributed by atoms with Gasteiger partial charge in [-0.3, -0.25) is 14.4 Å². The van der Waals surface area contributed by atoms with Crippen molar-refractivity contribution in [3.63, 3.8) is 0 Å². The molecule has 0 bridgehead atoms. The lowest BCUT2D eigenvalue weighted by Crippen LogP contribution is -2.44. The van der Waals surface area contributed by atoms with Crippen LogP contribution in [0.5, 0.6) is 0 Å². The lowest BCUT2D eigenvalue weighted by Gasteiger charge is -2.28. The van der Waals surface area contributed by atoms with Gasteiger partial charge in [0.05, 0.1) is 0 Å². The second kappa shape index (κ2) is 7.75. The fourth-order valence-electron chi connectivity index (χ4n) is 2.70. The molecule has 0 aromatic carbocycles. The summed E-state index contributed by atoms with van der Waals surface area (Å²) in [5.74, 6) is -0.515. The number of rotatable bonds is 7. The first-order chi connectivity index (χ1) is 10.2. The van der Waals surface area contributed by atoms with Crippen LogP contribution < -0.4 is 0 Å². The zero-order valence-corrected chi connectivity index (χ0v) is 14.6. The Morgan fingerprint density at radius 3 is 2.41 bits per heavy atom. The number of carbonyl (C=O) groups is 3. The van der Waals surface area contributed by atoms with Gasteiger partial charge >= 0.3 is 0 Å². The molecule has 126 valence electrons. The number of hydrogen-bond acceptors (Lipinski definition) is 3. The standard InChI is InChI=1S/C17H30N2O3/c1-6-17(2,3)15(21)16(22)19-12-8-10-13(19)9-7-11-14(20)18(4)5/h13H,6-12H2,1-5H3. The molecule has 0 spiro atoms. The fourth-order valence-corrected chi connectivity index (χ4v) is 2.70. The first-order valence-electron chi connectivity index (χ1n) is 8.26. The summed E-state index contributed by atoms with van der Waals surface area (Å²) in [6.45, 7) is 6.25. The Balaban J connectivity index is 2.58. The van der Waals surface area contributed by atoms with Crippen molar-refractivity contribution < 1.29 is 14.4 Å². The summed E-state index contributed by atoms with van der Waals surface area (Å²) >= 11 is 0. The fraction of sp³-hybridized carbons (Fsp3) is 0.824. The molecule has 1 saturated heterocycles.